The normalized spacial score (nSPS) is 35.0. The monoisotopic (exact) mass is 198 g/mol. The van der Waals surface area contributed by atoms with Gasteiger partial charge in [-0.3, -0.25) is 4.79 Å². The molecule has 1 saturated carbocycles. The molecule has 2 rings (SSSR count). The zero-order valence-corrected chi connectivity index (χ0v) is 8.58. The van der Waals surface area contributed by atoms with E-state index in [1.807, 2.05) is 6.92 Å². The van der Waals surface area contributed by atoms with Crippen LogP contribution in [0, 0.1) is 0 Å². The van der Waals surface area contributed by atoms with Gasteiger partial charge in [-0.15, -0.1) is 0 Å². The third kappa shape index (κ3) is 1.64. The molecule has 80 valence electrons. The number of hydrogen-bond acceptors (Lipinski definition) is 3. The minimum atomic E-state index is -0.581. The molecule has 0 aromatic rings. The molecule has 14 heavy (non-hydrogen) atoms. The summed E-state index contributed by atoms with van der Waals surface area (Å²) in [5.74, 6) is 0.00565. The number of nitrogens with one attached hydrogen (secondary N) is 1. The minimum Gasteiger partial charge on any atom is -0.376 e. The van der Waals surface area contributed by atoms with Gasteiger partial charge in [-0.25, -0.2) is 0 Å². The van der Waals surface area contributed by atoms with Crippen LogP contribution in [0.5, 0.6) is 0 Å². The second kappa shape index (κ2) is 3.51. The summed E-state index contributed by atoms with van der Waals surface area (Å²) in [6, 6.07) is 0.156. The highest BCUT2D eigenvalue weighted by molar-refractivity contribution is 5.87. The molecule has 0 spiro atoms. The smallest absolute Gasteiger partial charge is 0.240 e. The lowest BCUT2D eigenvalue weighted by molar-refractivity contribution is -0.130. The topological polar surface area (TPSA) is 64.3 Å². The van der Waals surface area contributed by atoms with Crippen molar-refractivity contribution in [3.05, 3.63) is 0 Å². The molecule has 1 aliphatic heterocycles. The highest BCUT2D eigenvalue weighted by Crippen LogP contribution is 2.29. The third-order valence-electron chi connectivity index (χ3n) is 3.39. The van der Waals surface area contributed by atoms with Gasteiger partial charge in [0.1, 0.15) is 0 Å². The lowest BCUT2D eigenvalue weighted by atomic mass is 9.77. The summed E-state index contributed by atoms with van der Waals surface area (Å²) in [7, 11) is 0. The quantitative estimate of drug-likeness (QED) is 0.664. The minimum absolute atomic E-state index is 0.00565. The number of carbonyl (C=O) groups is 1. The van der Waals surface area contributed by atoms with Gasteiger partial charge in [-0.2, -0.15) is 0 Å². The maximum Gasteiger partial charge on any atom is 0.240 e. The molecule has 0 aromatic carbocycles. The second-order valence-electron chi connectivity index (χ2n) is 4.45. The van der Waals surface area contributed by atoms with E-state index in [0.29, 0.717) is 0 Å². The fraction of sp³-hybridized carbons (Fsp3) is 0.900. The fourth-order valence-corrected chi connectivity index (χ4v) is 2.02. The van der Waals surface area contributed by atoms with Crippen LogP contribution in [0.25, 0.3) is 0 Å². The molecule has 2 fully saturated rings. The van der Waals surface area contributed by atoms with Crippen molar-refractivity contribution in [2.24, 2.45) is 5.73 Å². The molecule has 4 heteroatoms. The summed E-state index contributed by atoms with van der Waals surface area (Å²) in [6.45, 7) is 2.73. The largest absolute Gasteiger partial charge is 0.376 e. The number of ether oxygens (including phenoxy) is 1. The molecule has 1 amide bonds. The van der Waals surface area contributed by atoms with Crippen LogP contribution in [-0.2, 0) is 9.53 Å². The van der Waals surface area contributed by atoms with Crippen LogP contribution in [0.2, 0.25) is 0 Å². The Morgan fingerprint density at radius 3 is 2.71 bits per heavy atom. The van der Waals surface area contributed by atoms with Crippen molar-refractivity contribution in [2.75, 3.05) is 6.61 Å². The van der Waals surface area contributed by atoms with E-state index >= 15 is 0 Å². The maximum absolute atomic E-state index is 11.8. The predicted molar refractivity (Wildman–Crippen MR) is 52.7 cm³/mol. The second-order valence-corrected chi connectivity index (χ2v) is 4.45. The van der Waals surface area contributed by atoms with Gasteiger partial charge in [-0.1, -0.05) is 0 Å². The van der Waals surface area contributed by atoms with Gasteiger partial charge < -0.3 is 15.8 Å². The number of nitrogens with two attached hydrogens (primary N) is 1. The van der Waals surface area contributed by atoms with Crippen molar-refractivity contribution in [2.45, 2.75) is 50.3 Å². The Balaban J connectivity index is 1.87. The summed E-state index contributed by atoms with van der Waals surface area (Å²) >= 11 is 0. The van der Waals surface area contributed by atoms with E-state index in [2.05, 4.69) is 5.32 Å². The summed E-state index contributed by atoms with van der Waals surface area (Å²) in [4.78, 5) is 11.8. The molecule has 1 heterocycles. The average Bonchev–Trinajstić information content (AvgIpc) is 2.48. The first-order valence-corrected chi connectivity index (χ1v) is 5.33. The van der Waals surface area contributed by atoms with Gasteiger partial charge in [-0.05, 0) is 32.6 Å². The van der Waals surface area contributed by atoms with Crippen LogP contribution in [0.15, 0.2) is 0 Å². The van der Waals surface area contributed by atoms with Crippen LogP contribution in [0.1, 0.15) is 32.6 Å². The predicted octanol–water partition coefficient (Wildman–Crippen LogP) is 0.161. The van der Waals surface area contributed by atoms with Gasteiger partial charge in [0.25, 0.3) is 0 Å². The van der Waals surface area contributed by atoms with Crippen molar-refractivity contribution in [3.8, 4) is 0 Å². The Morgan fingerprint density at radius 1 is 1.57 bits per heavy atom. The van der Waals surface area contributed by atoms with Crippen LogP contribution >= 0.6 is 0 Å². The highest BCUT2D eigenvalue weighted by Gasteiger charge is 2.41. The van der Waals surface area contributed by atoms with Crippen molar-refractivity contribution >= 4 is 5.91 Å². The molecule has 2 atom stereocenters. The SMILES string of the molecule is CC1OCCC1NC(=O)C1(N)CCC1. The number of hydrogen-bond donors (Lipinski definition) is 2. The molecule has 0 aromatic heterocycles. The first-order valence-electron chi connectivity index (χ1n) is 5.33. The maximum atomic E-state index is 11.8. The molecule has 0 bridgehead atoms. The molecule has 3 N–H and O–H groups in total. The zero-order chi connectivity index (χ0) is 10.2. The van der Waals surface area contributed by atoms with Gasteiger partial charge in [0.05, 0.1) is 17.7 Å². The van der Waals surface area contributed by atoms with E-state index in [4.69, 9.17) is 10.5 Å². The van der Waals surface area contributed by atoms with Crippen molar-refractivity contribution < 1.29 is 9.53 Å². The van der Waals surface area contributed by atoms with E-state index in [1.165, 1.54) is 0 Å². The van der Waals surface area contributed by atoms with E-state index in [0.717, 1.165) is 32.3 Å². The molecule has 0 radical (unpaired) electrons. The van der Waals surface area contributed by atoms with Gasteiger partial charge in [0.2, 0.25) is 5.91 Å². The number of rotatable bonds is 2. The molecule has 1 saturated heterocycles. The Bertz CT molecular complexity index is 238. The molecule has 2 unspecified atom stereocenters. The molecular weight excluding hydrogens is 180 g/mol. The van der Waals surface area contributed by atoms with Gasteiger partial charge in [0, 0.05) is 6.61 Å². The Hall–Kier alpha value is -0.610. The lowest BCUT2D eigenvalue weighted by Gasteiger charge is -2.37. The van der Waals surface area contributed by atoms with Gasteiger partial charge >= 0.3 is 0 Å². The molecular formula is C10H18N2O2. The van der Waals surface area contributed by atoms with Crippen molar-refractivity contribution in [1.29, 1.82) is 0 Å². The third-order valence-corrected chi connectivity index (χ3v) is 3.39. The Labute approximate surface area is 84.2 Å². The summed E-state index contributed by atoms with van der Waals surface area (Å²) in [5.41, 5.74) is 5.34. The standard InChI is InChI=1S/C10H18N2O2/c1-7-8(3-6-14-7)12-9(13)10(11)4-2-5-10/h7-8H,2-6,11H2,1H3,(H,12,13). The lowest BCUT2D eigenvalue weighted by Crippen LogP contribution is -2.60. The van der Waals surface area contributed by atoms with Crippen molar-refractivity contribution in [1.82, 2.24) is 5.32 Å². The molecule has 1 aliphatic carbocycles. The number of amides is 1. The van der Waals surface area contributed by atoms with Crippen molar-refractivity contribution in [3.63, 3.8) is 0 Å². The van der Waals surface area contributed by atoms with Crippen LogP contribution < -0.4 is 11.1 Å². The highest BCUT2D eigenvalue weighted by atomic mass is 16.5. The summed E-state index contributed by atoms with van der Waals surface area (Å²) in [5, 5.41) is 2.98. The summed E-state index contributed by atoms with van der Waals surface area (Å²) in [6.07, 6.45) is 3.74. The van der Waals surface area contributed by atoms with Crippen LogP contribution in [0.3, 0.4) is 0 Å². The zero-order valence-electron chi connectivity index (χ0n) is 8.58. The average molecular weight is 198 g/mol. The van der Waals surface area contributed by atoms with E-state index in [-0.39, 0.29) is 18.1 Å². The molecule has 4 nitrogen and oxygen atoms in total. The molecule has 2 aliphatic rings. The first-order chi connectivity index (χ1) is 6.62. The van der Waals surface area contributed by atoms with E-state index in [1.54, 1.807) is 0 Å². The van der Waals surface area contributed by atoms with Crippen LogP contribution in [-0.4, -0.2) is 30.2 Å². The fourth-order valence-electron chi connectivity index (χ4n) is 2.02. The van der Waals surface area contributed by atoms with E-state index < -0.39 is 5.54 Å². The van der Waals surface area contributed by atoms with Gasteiger partial charge in [0.15, 0.2) is 0 Å². The van der Waals surface area contributed by atoms with Crippen LogP contribution in [0.4, 0.5) is 0 Å². The first kappa shape index (κ1) is 9.93. The Kier molecular flexibility index (Phi) is 2.49. The van der Waals surface area contributed by atoms with E-state index in [9.17, 15) is 4.79 Å². The Morgan fingerprint density at radius 2 is 2.29 bits per heavy atom. The summed E-state index contributed by atoms with van der Waals surface area (Å²) < 4.78 is 5.38. The number of carbonyl (C=O) groups excluding carboxylic acids is 1.